The van der Waals surface area contributed by atoms with Gasteiger partial charge in [-0.2, -0.15) is 0 Å². The number of halogens is 3. The summed E-state index contributed by atoms with van der Waals surface area (Å²) < 4.78 is 40.1. The van der Waals surface area contributed by atoms with Crippen molar-refractivity contribution in [1.82, 2.24) is 4.90 Å². The Bertz CT molecular complexity index is 532. The van der Waals surface area contributed by atoms with Crippen molar-refractivity contribution >= 4 is 11.6 Å². The van der Waals surface area contributed by atoms with Crippen LogP contribution in [0.3, 0.4) is 0 Å². The summed E-state index contributed by atoms with van der Waals surface area (Å²) in [6, 6.07) is 5.22. The Kier molecular flexibility index (Phi) is 6.44. The summed E-state index contributed by atoms with van der Waals surface area (Å²) in [6.45, 7) is 1.09. The predicted molar refractivity (Wildman–Crippen MR) is 82.7 cm³/mol. The fourth-order valence-corrected chi connectivity index (χ4v) is 2.87. The van der Waals surface area contributed by atoms with E-state index < -0.39 is 6.36 Å². The van der Waals surface area contributed by atoms with Crippen LogP contribution in [0.15, 0.2) is 24.3 Å². The van der Waals surface area contributed by atoms with Crippen LogP contribution in [-0.4, -0.2) is 48.0 Å². The standard InChI is InChI=1S/C16H21F3N2O3/c17-16(18,19)24-14-6-4-12(5-7-14)20-15(23)11-21-9-2-1-3-13(21)8-10-22/h4-7,13,22H,1-3,8-11H2,(H,20,23). The van der Waals surface area contributed by atoms with E-state index in [9.17, 15) is 18.0 Å². The van der Waals surface area contributed by atoms with Crippen LogP contribution >= 0.6 is 0 Å². The Morgan fingerprint density at radius 1 is 1.29 bits per heavy atom. The van der Waals surface area contributed by atoms with Crippen LogP contribution in [0.25, 0.3) is 0 Å². The molecule has 1 fully saturated rings. The van der Waals surface area contributed by atoms with Crippen LogP contribution in [0.4, 0.5) is 18.9 Å². The molecule has 24 heavy (non-hydrogen) atoms. The van der Waals surface area contributed by atoms with Gasteiger partial charge in [-0.15, -0.1) is 13.2 Å². The van der Waals surface area contributed by atoms with Gasteiger partial charge in [-0.3, -0.25) is 9.69 Å². The van der Waals surface area contributed by atoms with E-state index in [0.717, 1.165) is 37.9 Å². The van der Waals surface area contributed by atoms with E-state index in [0.29, 0.717) is 12.1 Å². The number of hydrogen-bond donors (Lipinski definition) is 2. The minimum Gasteiger partial charge on any atom is -0.406 e. The number of likely N-dealkylation sites (tertiary alicyclic amines) is 1. The number of ether oxygens (including phenoxy) is 1. The molecule has 0 spiro atoms. The number of alkyl halides is 3. The number of nitrogens with one attached hydrogen (secondary N) is 1. The van der Waals surface area contributed by atoms with E-state index in [2.05, 4.69) is 10.1 Å². The topological polar surface area (TPSA) is 61.8 Å². The first-order chi connectivity index (χ1) is 11.4. The summed E-state index contributed by atoms with van der Waals surface area (Å²) in [4.78, 5) is 14.2. The second-order valence-electron chi connectivity index (χ2n) is 5.75. The lowest BCUT2D eigenvalue weighted by Crippen LogP contribution is -2.44. The molecule has 1 amide bonds. The van der Waals surface area contributed by atoms with Gasteiger partial charge in [0, 0.05) is 18.3 Å². The molecular formula is C16H21F3N2O3. The first-order valence-corrected chi connectivity index (χ1v) is 7.88. The summed E-state index contributed by atoms with van der Waals surface area (Å²) in [5.74, 6) is -0.566. The minimum absolute atomic E-state index is 0.0868. The number of nitrogens with zero attached hydrogens (tertiary/aromatic N) is 1. The van der Waals surface area contributed by atoms with Gasteiger partial charge in [0.1, 0.15) is 5.75 Å². The number of hydrogen-bond acceptors (Lipinski definition) is 4. The molecular weight excluding hydrogens is 325 g/mol. The second-order valence-corrected chi connectivity index (χ2v) is 5.75. The number of anilines is 1. The van der Waals surface area contributed by atoms with Crippen LogP contribution in [0, 0.1) is 0 Å². The smallest absolute Gasteiger partial charge is 0.406 e. The van der Waals surface area contributed by atoms with Crippen LogP contribution in [0.1, 0.15) is 25.7 Å². The molecule has 1 atom stereocenters. The SMILES string of the molecule is O=C(CN1CCCCC1CCO)Nc1ccc(OC(F)(F)F)cc1. The number of rotatable bonds is 6. The average Bonchev–Trinajstić information content (AvgIpc) is 2.50. The molecule has 2 rings (SSSR count). The largest absolute Gasteiger partial charge is 0.573 e. The number of aliphatic hydroxyl groups is 1. The summed E-state index contributed by atoms with van der Waals surface area (Å²) in [5.41, 5.74) is 0.408. The molecule has 0 saturated carbocycles. The number of aliphatic hydroxyl groups excluding tert-OH is 1. The van der Waals surface area contributed by atoms with Crippen molar-refractivity contribution in [1.29, 1.82) is 0 Å². The Labute approximate surface area is 138 Å². The molecule has 1 aliphatic heterocycles. The molecule has 2 N–H and O–H groups in total. The number of benzene rings is 1. The predicted octanol–water partition coefficient (Wildman–Crippen LogP) is 2.76. The molecule has 0 radical (unpaired) electrons. The maximum atomic E-state index is 12.1. The third kappa shape index (κ3) is 6.01. The van der Waals surface area contributed by atoms with Crippen LogP contribution in [-0.2, 0) is 4.79 Å². The van der Waals surface area contributed by atoms with Crippen molar-refractivity contribution in [3.05, 3.63) is 24.3 Å². The number of piperidine rings is 1. The summed E-state index contributed by atoms with van der Waals surface area (Å²) in [7, 11) is 0. The third-order valence-corrected chi connectivity index (χ3v) is 3.93. The maximum Gasteiger partial charge on any atom is 0.573 e. The van der Waals surface area contributed by atoms with E-state index in [1.54, 1.807) is 0 Å². The van der Waals surface area contributed by atoms with Crippen molar-refractivity contribution in [3.63, 3.8) is 0 Å². The van der Waals surface area contributed by atoms with Crippen LogP contribution in [0.2, 0.25) is 0 Å². The zero-order valence-corrected chi connectivity index (χ0v) is 13.2. The van der Waals surface area contributed by atoms with E-state index in [1.165, 1.54) is 12.1 Å². The first-order valence-electron chi connectivity index (χ1n) is 7.88. The zero-order valence-electron chi connectivity index (χ0n) is 13.2. The zero-order chi connectivity index (χ0) is 17.6. The quantitative estimate of drug-likeness (QED) is 0.831. The maximum absolute atomic E-state index is 12.1. The Morgan fingerprint density at radius 2 is 2.00 bits per heavy atom. The van der Waals surface area contributed by atoms with Crippen LogP contribution in [0.5, 0.6) is 5.75 Å². The molecule has 0 bridgehead atoms. The highest BCUT2D eigenvalue weighted by atomic mass is 19.4. The van der Waals surface area contributed by atoms with Crippen molar-refractivity contribution in [2.75, 3.05) is 25.0 Å². The molecule has 1 aromatic carbocycles. The fourth-order valence-electron chi connectivity index (χ4n) is 2.87. The Hall–Kier alpha value is -1.80. The highest BCUT2D eigenvalue weighted by Crippen LogP contribution is 2.24. The van der Waals surface area contributed by atoms with E-state index in [4.69, 9.17) is 5.11 Å². The summed E-state index contributed by atoms with van der Waals surface area (Å²) >= 11 is 0. The highest BCUT2D eigenvalue weighted by Gasteiger charge is 2.31. The molecule has 0 aliphatic carbocycles. The van der Waals surface area contributed by atoms with Gasteiger partial charge in [-0.25, -0.2) is 0 Å². The van der Waals surface area contributed by atoms with Crippen LogP contribution < -0.4 is 10.1 Å². The molecule has 5 nitrogen and oxygen atoms in total. The molecule has 134 valence electrons. The van der Waals surface area contributed by atoms with Gasteiger partial charge in [-0.05, 0) is 50.1 Å². The molecule has 1 aromatic rings. The van der Waals surface area contributed by atoms with Crippen molar-refractivity contribution in [2.24, 2.45) is 0 Å². The van der Waals surface area contributed by atoms with Crippen molar-refractivity contribution in [3.8, 4) is 5.75 Å². The lowest BCUT2D eigenvalue weighted by molar-refractivity contribution is -0.274. The Balaban J connectivity index is 1.87. The number of carbonyl (C=O) groups is 1. The molecule has 1 saturated heterocycles. The fraction of sp³-hybridized carbons (Fsp3) is 0.562. The summed E-state index contributed by atoms with van der Waals surface area (Å²) in [5, 5.41) is 11.8. The van der Waals surface area contributed by atoms with Gasteiger partial charge in [0.25, 0.3) is 0 Å². The van der Waals surface area contributed by atoms with Crippen molar-refractivity contribution in [2.45, 2.75) is 38.1 Å². The van der Waals surface area contributed by atoms with Gasteiger partial charge in [0.05, 0.1) is 6.54 Å². The van der Waals surface area contributed by atoms with Gasteiger partial charge >= 0.3 is 6.36 Å². The van der Waals surface area contributed by atoms with Gasteiger partial charge < -0.3 is 15.2 Å². The van der Waals surface area contributed by atoms with E-state index in [1.807, 2.05) is 4.90 Å². The lowest BCUT2D eigenvalue weighted by Gasteiger charge is -2.34. The minimum atomic E-state index is -4.74. The molecule has 1 aliphatic rings. The number of carbonyl (C=O) groups excluding carboxylic acids is 1. The third-order valence-electron chi connectivity index (χ3n) is 3.93. The Morgan fingerprint density at radius 3 is 2.62 bits per heavy atom. The van der Waals surface area contributed by atoms with E-state index >= 15 is 0 Å². The highest BCUT2D eigenvalue weighted by molar-refractivity contribution is 5.92. The second kappa shape index (κ2) is 8.34. The van der Waals surface area contributed by atoms with Crippen molar-refractivity contribution < 1.29 is 27.8 Å². The summed E-state index contributed by atoms with van der Waals surface area (Å²) in [6.07, 6.45) is -1.04. The average molecular weight is 346 g/mol. The number of amides is 1. The normalized spacial score (nSPS) is 19.1. The first kappa shape index (κ1) is 18.5. The molecule has 1 unspecified atom stereocenters. The van der Waals surface area contributed by atoms with Gasteiger partial charge in [0.15, 0.2) is 0 Å². The van der Waals surface area contributed by atoms with Gasteiger partial charge in [-0.1, -0.05) is 6.42 Å². The van der Waals surface area contributed by atoms with E-state index in [-0.39, 0.29) is 30.9 Å². The lowest BCUT2D eigenvalue weighted by atomic mass is 10.00. The molecule has 1 heterocycles. The van der Waals surface area contributed by atoms with Gasteiger partial charge in [0.2, 0.25) is 5.91 Å². The molecule has 0 aromatic heterocycles. The monoisotopic (exact) mass is 346 g/mol. The molecule has 8 heteroatoms.